The lowest BCUT2D eigenvalue weighted by molar-refractivity contribution is -0.122. The summed E-state index contributed by atoms with van der Waals surface area (Å²) in [5.41, 5.74) is 6.26. The number of rotatable bonds is 9. The molecule has 4 nitrogen and oxygen atoms in total. The highest BCUT2D eigenvalue weighted by Gasteiger charge is 2.25. The molecule has 1 atom stereocenters. The molecule has 1 aromatic carbocycles. The molecule has 0 saturated heterocycles. The molecule has 1 rings (SSSR count). The third-order valence-electron chi connectivity index (χ3n) is 3.54. The van der Waals surface area contributed by atoms with Crippen molar-refractivity contribution in [1.82, 2.24) is 5.32 Å². The second kappa shape index (κ2) is 8.82. The van der Waals surface area contributed by atoms with Crippen LogP contribution in [0.4, 0.5) is 8.78 Å². The highest BCUT2D eigenvalue weighted by atomic mass is 19.3. The molecule has 0 spiro atoms. The van der Waals surface area contributed by atoms with E-state index in [9.17, 15) is 13.6 Å². The molecule has 1 aromatic rings. The normalized spacial score (nSPS) is 13.9. The van der Waals surface area contributed by atoms with E-state index in [0.717, 1.165) is 12.0 Å². The van der Waals surface area contributed by atoms with Crippen LogP contribution in [0.1, 0.15) is 39.2 Å². The van der Waals surface area contributed by atoms with Gasteiger partial charge in [0, 0.05) is 18.5 Å². The van der Waals surface area contributed by atoms with Crippen molar-refractivity contribution in [3.63, 3.8) is 0 Å². The van der Waals surface area contributed by atoms with Crippen LogP contribution >= 0.6 is 0 Å². The minimum Gasteiger partial charge on any atom is -0.435 e. The van der Waals surface area contributed by atoms with Crippen molar-refractivity contribution in [2.75, 3.05) is 6.54 Å². The van der Waals surface area contributed by atoms with Gasteiger partial charge in [-0.1, -0.05) is 26.0 Å². The Morgan fingerprint density at radius 1 is 1.30 bits per heavy atom. The minimum atomic E-state index is -2.83. The molecule has 0 aliphatic heterocycles. The summed E-state index contributed by atoms with van der Waals surface area (Å²) in [6, 6.07) is 6.31. The lowest BCUT2D eigenvalue weighted by Gasteiger charge is -2.31. The maximum absolute atomic E-state index is 12.1. The van der Waals surface area contributed by atoms with E-state index >= 15 is 0 Å². The molecule has 0 saturated carbocycles. The summed E-state index contributed by atoms with van der Waals surface area (Å²) in [5, 5.41) is 2.99. The summed E-state index contributed by atoms with van der Waals surface area (Å²) in [4.78, 5) is 12.1. The first kappa shape index (κ1) is 19.4. The van der Waals surface area contributed by atoms with Crippen molar-refractivity contribution in [2.24, 2.45) is 11.7 Å². The number of alkyl halides is 2. The van der Waals surface area contributed by atoms with E-state index in [0.29, 0.717) is 25.3 Å². The standard InChI is InChI=1S/C17H26F2N2O2/c1-12(2)10-17(3,11-20)21-15(22)9-6-13-4-7-14(8-5-13)23-16(18)19/h4-5,7-8,12,16H,6,9-11,20H2,1-3H3,(H,21,22). The summed E-state index contributed by atoms with van der Waals surface area (Å²) in [6.07, 6.45) is 1.67. The molecule has 0 aliphatic rings. The van der Waals surface area contributed by atoms with Crippen LogP contribution in [0.5, 0.6) is 5.75 Å². The third kappa shape index (κ3) is 7.41. The number of benzene rings is 1. The van der Waals surface area contributed by atoms with Gasteiger partial charge in [0.05, 0.1) is 0 Å². The Hall–Kier alpha value is -1.69. The number of nitrogens with two attached hydrogens (primary N) is 1. The third-order valence-corrected chi connectivity index (χ3v) is 3.54. The average Bonchev–Trinajstić information content (AvgIpc) is 2.45. The lowest BCUT2D eigenvalue weighted by atomic mass is 9.90. The summed E-state index contributed by atoms with van der Waals surface area (Å²) < 4.78 is 28.4. The van der Waals surface area contributed by atoms with Gasteiger partial charge in [0.15, 0.2) is 0 Å². The minimum absolute atomic E-state index is 0.0634. The maximum atomic E-state index is 12.1. The van der Waals surface area contributed by atoms with Gasteiger partial charge >= 0.3 is 6.61 Å². The molecule has 130 valence electrons. The predicted molar refractivity (Wildman–Crippen MR) is 86.5 cm³/mol. The van der Waals surface area contributed by atoms with Gasteiger partial charge in [-0.2, -0.15) is 8.78 Å². The van der Waals surface area contributed by atoms with Gasteiger partial charge in [0.2, 0.25) is 5.91 Å². The molecular weight excluding hydrogens is 302 g/mol. The van der Waals surface area contributed by atoms with Crippen LogP contribution in [0, 0.1) is 5.92 Å². The molecular formula is C17H26F2N2O2. The number of ether oxygens (including phenoxy) is 1. The quantitative estimate of drug-likeness (QED) is 0.732. The number of hydrogen-bond donors (Lipinski definition) is 2. The number of hydrogen-bond acceptors (Lipinski definition) is 3. The molecule has 0 fully saturated rings. The highest BCUT2D eigenvalue weighted by molar-refractivity contribution is 5.77. The maximum Gasteiger partial charge on any atom is 0.387 e. The number of amides is 1. The van der Waals surface area contributed by atoms with Gasteiger partial charge in [0.1, 0.15) is 5.75 Å². The molecule has 3 N–H and O–H groups in total. The summed E-state index contributed by atoms with van der Waals surface area (Å²) in [7, 11) is 0. The van der Waals surface area contributed by atoms with Gasteiger partial charge in [-0.3, -0.25) is 4.79 Å². The Balaban J connectivity index is 2.49. The monoisotopic (exact) mass is 328 g/mol. The van der Waals surface area contributed by atoms with E-state index in [-0.39, 0.29) is 11.7 Å². The van der Waals surface area contributed by atoms with E-state index in [4.69, 9.17) is 5.73 Å². The first-order chi connectivity index (χ1) is 10.7. The van der Waals surface area contributed by atoms with E-state index in [2.05, 4.69) is 23.9 Å². The van der Waals surface area contributed by atoms with Gasteiger partial charge in [-0.05, 0) is 43.4 Å². The zero-order valence-electron chi connectivity index (χ0n) is 13.9. The molecule has 0 bridgehead atoms. The number of aryl methyl sites for hydroxylation is 1. The molecule has 0 radical (unpaired) electrons. The Bertz CT molecular complexity index is 492. The molecule has 0 heterocycles. The Morgan fingerprint density at radius 2 is 1.91 bits per heavy atom. The van der Waals surface area contributed by atoms with Crippen molar-refractivity contribution in [3.05, 3.63) is 29.8 Å². The van der Waals surface area contributed by atoms with Crippen LogP contribution < -0.4 is 15.8 Å². The molecule has 6 heteroatoms. The van der Waals surface area contributed by atoms with Gasteiger partial charge in [0.25, 0.3) is 0 Å². The van der Waals surface area contributed by atoms with Crippen LogP contribution in [-0.2, 0) is 11.2 Å². The van der Waals surface area contributed by atoms with E-state index in [1.54, 1.807) is 12.1 Å². The van der Waals surface area contributed by atoms with Gasteiger partial charge in [-0.15, -0.1) is 0 Å². The second-order valence-electron chi connectivity index (χ2n) is 6.43. The molecule has 0 aliphatic carbocycles. The zero-order valence-corrected chi connectivity index (χ0v) is 13.9. The van der Waals surface area contributed by atoms with Crippen LogP contribution in [0.3, 0.4) is 0 Å². The topological polar surface area (TPSA) is 64.3 Å². The van der Waals surface area contributed by atoms with Gasteiger partial charge < -0.3 is 15.8 Å². The fourth-order valence-corrected chi connectivity index (χ4v) is 2.58. The van der Waals surface area contributed by atoms with Crippen LogP contribution in [0.25, 0.3) is 0 Å². The van der Waals surface area contributed by atoms with Crippen molar-refractivity contribution in [3.8, 4) is 5.75 Å². The number of nitrogens with one attached hydrogen (secondary N) is 1. The van der Waals surface area contributed by atoms with Crippen LogP contribution in [0.2, 0.25) is 0 Å². The summed E-state index contributed by atoms with van der Waals surface area (Å²) >= 11 is 0. The summed E-state index contributed by atoms with van der Waals surface area (Å²) in [6.45, 7) is 3.67. The second-order valence-corrected chi connectivity index (χ2v) is 6.43. The number of carbonyl (C=O) groups excluding carboxylic acids is 1. The largest absolute Gasteiger partial charge is 0.435 e. The average molecular weight is 328 g/mol. The zero-order chi connectivity index (χ0) is 17.5. The van der Waals surface area contributed by atoms with Crippen LogP contribution in [0.15, 0.2) is 24.3 Å². The fraction of sp³-hybridized carbons (Fsp3) is 0.588. The Morgan fingerprint density at radius 3 is 2.39 bits per heavy atom. The highest BCUT2D eigenvalue weighted by Crippen LogP contribution is 2.17. The number of carbonyl (C=O) groups is 1. The summed E-state index contributed by atoms with van der Waals surface area (Å²) in [5.74, 6) is 0.485. The Kier molecular flexibility index (Phi) is 7.42. The molecule has 23 heavy (non-hydrogen) atoms. The first-order valence-corrected chi connectivity index (χ1v) is 7.79. The molecule has 1 unspecified atom stereocenters. The van der Waals surface area contributed by atoms with Crippen molar-refractivity contribution < 1.29 is 18.3 Å². The first-order valence-electron chi connectivity index (χ1n) is 7.79. The molecule has 0 aromatic heterocycles. The van der Waals surface area contributed by atoms with Crippen molar-refractivity contribution >= 4 is 5.91 Å². The molecule has 1 amide bonds. The van der Waals surface area contributed by atoms with Crippen LogP contribution in [-0.4, -0.2) is 24.6 Å². The fourth-order valence-electron chi connectivity index (χ4n) is 2.58. The SMILES string of the molecule is CC(C)CC(C)(CN)NC(=O)CCc1ccc(OC(F)F)cc1. The van der Waals surface area contributed by atoms with E-state index in [1.165, 1.54) is 12.1 Å². The van der Waals surface area contributed by atoms with E-state index in [1.807, 2.05) is 6.92 Å². The number of halogens is 2. The predicted octanol–water partition coefficient (Wildman–Crippen LogP) is 3.10. The van der Waals surface area contributed by atoms with Gasteiger partial charge in [-0.25, -0.2) is 0 Å². The smallest absolute Gasteiger partial charge is 0.387 e. The van der Waals surface area contributed by atoms with Crippen molar-refractivity contribution in [1.29, 1.82) is 0 Å². The Labute approximate surface area is 136 Å². The van der Waals surface area contributed by atoms with Crippen molar-refractivity contribution in [2.45, 2.75) is 52.2 Å². The van der Waals surface area contributed by atoms with E-state index < -0.39 is 12.2 Å². The lowest BCUT2D eigenvalue weighted by Crippen LogP contribution is -2.52.